The fourth-order valence-electron chi connectivity index (χ4n) is 1.10. The minimum absolute atomic E-state index is 0.0492. The lowest BCUT2D eigenvalue weighted by molar-refractivity contribution is -0.118. The van der Waals surface area contributed by atoms with Crippen molar-refractivity contribution in [3.05, 3.63) is 0 Å². The number of rotatable bonds is 6. The summed E-state index contributed by atoms with van der Waals surface area (Å²) in [6.07, 6.45) is 3.18. The molecule has 0 fully saturated rings. The fraction of sp³-hybridized carbons (Fsp3) is 0.900. The van der Waals surface area contributed by atoms with Crippen molar-refractivity contribution >= 4 is 5.91 Å². The Balaban J connectivity index is 3.21. The van der Waals surface area contributed by atoms with Gasteiger partial charge in [0.15, 0.2) is 0 Å². The van der Waals surface area contributed by atoms with Gasteiger partial charge in [-0.05, 0) is 18.8 Å². The first-order valence-electron chi connectivity index (χ1n) is 5.04. The van der Waals surface area contributed by atoms with Gasteiger partial charge in [0.25, 0.3) is 0 Å². The van der Waals surface area contributed by atoms with Gasteiger partial charge in [0.05, 0.1) is 0 Å². The highest BCUT2D eigenvalue weighted by Gasteiger charge is 2.06. The largest absolute Gasteiger partial charge is 0.356 e. The SMILES string of the molecule is CC(=O)NCCCCC(N)C(C)C. The standard InChI is InChI=1S/C10H22N2O/c1-8(2)10(11)6-4-5-7-12-9(3)13/h8,10H,4-7,11H2,1-3H3,(H,12,13). The molecule has 0 saturated heterocycles. The van der Waals surface area contributed by atoms with Gasteiger partial charge in [0, 0.05) is 19.5 Å². The predicted octanol–water partition coefficient (Wildman–Crippen LogP) is 1.28. The predicted molar refractivity (Wildman–Crippen MR) is 55.3 cm³/mol. The summed E-state index contributed by atoms with van der Waals surface area (Å²) in [7, 11) is 0. The van der Waals surface area contributed by atoms with Gasteiger partial charge in [-0.15, -0.1) is 0 Å². The highest BCUT2D eigenvalue weighted by molar-refractivity contribution is 5.72. The minimum Gasteiger partial charge on any atom is -0.356 e. The Morgan fingerprint density at radius 2 is 2.00 bits per heavy atom. The van der Waals surface area contributed by atoms with Crippen LogP contribution in [0.3, 0.4) is 0 Å². The van der Waals surface area contributed by atoms with Crippen LogP contribution in [0.2, 0.25) is 0 Å². The van der Waals surface area contributed by atoms with Crippen molar-refractivity contribution in [2.45, 2.75) is 46.1 Å². The van der Waals surface area contributed by atoms with Gasteiger partial charge >= 0.3 is 0 Å². The Labute approximate surface area is 81.1 Å². The molecule has 78 valence electrons. The maximum Gasteiger partial charge on any atom is 0.216 e. The van der Waals surface area contributed by atoms with E-state index in [9.17, 15) is 4.79 Å². The number of unbranched alkanes of at least 4 members (excludes halogenated alkanes) is 1. The molecule has 0 aromatic carbocycles. The summed E-state index contributed by atoms with van der Waals surface area (Å²) in [5, 5.41) is 2.77. The van der Waals surface area contributed by atoms with Crippen LogP contribution in [0, 0.1) is 5.92 Å². The number of carbonyl (C=O) groups is 1. The zero-order valence-electron chi connectivity index (χ0n) is 8.97. The lowest BCUT2D eigenvalue weighted by atomic mass is 9.99. The maximum absolute atomic E-state index is 10.5. The van der Waals surface area contributed by atoms with Crippen LogP contribution in [-0.4, -0.2) is 18.5 Å². The van der Waals surface area contributed by atoms with Gasteiger partial charge in [0.1, 0.15) is 0 Å². The van der Waals surface area contributed by atoms with Crippen LogP contribution < -0.4 is 11.1 Å². The van der Waals surface area contributed by atoms with Gasteiger partial charge in [-0.3, -0.25) is 4.79 Å². The number of nitrogens with two attached hydrogens (primary N) is 1. The van der Waals surface area contributed by atoms with Crippen molar-refractivity contribution in [1.82, 2.24) is 5.32 Å². The first kappa shape index (κ1) is 12.4. The third-order valence-corrected chi connectivity index (χ3v) is 2.19. The van der Waals surface area contributed by atoms with Crippen molar-refractivity contribution in [3.8, 4) is 0 Å². The number of amides is 1. The van der Waals surface area contributed by atoms with Crippen molar-refractivity contribution < 1.29 is 4.79 Å². The molecule has 3 N–H and O–H groups in total. The van der Waals surface area contributed by atoms with E-state index < -0.39 is 0 Å². The molecule has 0 saturated carbocycles. The Morgan fingerprint density at radius 3 is 2.46 bits per heavy atom. The third kappa shape index (κ3) is 7.78. The summed E-state index contributed by atoms with van der Waals surface area (Å²) in [4.78, 5) is 10.5. The van der Waals surface area contributed by atoms with E-state index in [-0.39, 0.29) is 5.91 Å². The minimum atomic E-state index is 0.0492. The molecule has 0 rings (SSSR count). The molecule has 0 heterocycles. The molecule has 0 aromatic rings. The molecular weight excluding hydrogens is 164 g/mol. The maximum atomic E-state index is 10.5. The molecule has 1 atom stereocenters. The molecule has 3 heteroatoms. The van der Waals surface area contributed by atoms with Crippen LogP contribution >= 0.6 is 0 Å². The number of hydrogen-bond donors (Lipinski definition) is 2. The lowest BCUT2D eigenvalue weighted by Crippen LogP contribution is -2.27. The topological polar surface area (TPSA) is 55.1 Å². The molecule has 0 aromatic heterocycles. The van der Waals surface area contributed by atoms with Crippen molar-refractivity contribution in [1.29, 1.82) is 0 Å². The number of nitrogens with one attached hydrogen (secondary N) is 1. The highest BCUT2D eigenvalue weighted by Crippen LogP contribution is 2.06. The second kappa shape index (κ2) is 6.89. The van der Waals surface area contributed by atoms with E-state index in [1.54, 1.807) is 6.92 Å². The van der Waals surface area contributed by atoms with Gasteiger partial charge in [-0.25, -0.2) is 0 Å². The molecule has 0 bridgehead atoms. The van der Waals surface area contributed by atoms with Crippen LogP contribution in [0.5, 0.6) is 0 Å². The highest BCUT2D eigenvalue weighted by atomic mass is 16.1. The third-order valence-electron chi connectivity index (χ3n) is 2.19. The zero-order chi connectivity index (χ0) is 10.3. The molecule has 13 heavy (non-hydrogen) atoms. The van der Waals surface area contributed by atoms with E-state index in [0.717, 1.165) is 25.8 Å². The summed E-state index contributed by atoms with van der Waals surface area (Å²) in [5.74, 6) is 0.605. The first-order chi connectivity index (χ1) is 6.04. The molecule has 0 spiro atoms. The van der Waals surface area contributed by atoms with E-state index in [4.69, 9.17) is 5.73 Å². The Hall–Kier alpha value is -0.570. The zero-order valence-corrected chi connectivity index (χ0v) is 8.97. The van der Waals surface area contributed by atoms with Crippen LogP contribution in [-0.2, 0) is 4.79 Å². The second-order valence-electron chi connectivity index (χ2n) is 3.89. The van der Waals surface area contributed by atoms with Crippen LogP contribution in [0.1, 0.15) is 40.0 Å². The summed E-state index contributed by atoms with van der Waals surface area (Å²) < 4.78 is 0. The molecular formula is C10H22N2O. The summed E-state index contributed by atoms with van der Waals surface area (Å²) in [5.41, 5.74) is 5.87. The monoisotopic (exact) mass is 186 g/mol. The quantitative estimate of drug-likeness (QED) is 0.614. The normalized spacial score (nSPS) is 13.0. The van der Waals surface area contributed by atoms with Crippen molar-refractivity contribution in [2.75, 3.05) is 6.54 Å². The van der Waals surface area contributed by atoms with Gasteiger partial charge in [-0.1, -0.05) is 20.3 Å². The number of carbonyl (C=O) groups excluding carboxylic acids is 1. The second-order valence-corrected chi connectivity index (χ2v) is 3.89. The van der Waals surface area contributed by atoms with E-state index in [2.05, 4.69) is 19.2 Å². The average Bonchev–Trinajstić information content (AvgIpc) is 2.02. The van der Waals surface area contributed by atoms with E-state index in [1.165, 1.54) is 0 Å². The molecule has 1 amide bonds. The van der Waals surface area contributed by atoms with Crippen molar-refractivity contribution in [3.63, 3.8) is 0 Å². The van der Waals surface area contributed by atoms with Gasteiger partial charge in [0.2, 0.25) is 5.91 Å². The molecule has 0 radical (unpaired) electrons. The Morgan fingerprint density at radius 1 is 1.38 bits per heavy atom. The van der Waals surface area contributed by atoms with Crippen LogP contribution in [0.15, 0.2) is 0 Å². The number of hydrogen-bond acceptors (Lipinski definition) is 2. The van der Waals surface area contributed by atoms with E-state index in [1.807, 2.05) is 0 Å². The molecule has 0 aliphatic rings. The van der Waals surface area contributed by atoms with E-state index in [0.29, 0.717) is 12.0 Å². The van der Waals surface area contributed by atoms with Crippen molar-refractivity contribution in [2.24, 2.45) is 11.7 Å². The summed E-state index contributed by atoms with van der Waals surface area (Å²) >= 11 is 0. The lowest BCUT2D eigenvalue weighted by Gasteiger charge is -2.14. The van der Waals surface area contributed by atoms with Crippen LogP contribution in [0.4, 0.5) is 0 Å². The first-order valence-corrected chi connectivity index (χ1v) is 5.04. The summed E-state index contributed by atoms with van der Waals surface area (Å²) in [6.45, 7) is 6.59. The van der Waals surface area contributed by atoms with Crippen LogP contribution in [0.25, 0.3) is 0 Å². The molecule has 0 aliphatic heterocycles. The van der Waals surface area contributed by atoms with Gasteiger partial charge in [-0.2, -0.15) is 0 Å². The van der Waals surface area contributed by atoms with Gasteiger partial charge < -0.3 is 11.1 Å². The van der Waals surface area contributed by atoms with E-state index >= 15 is 0 Å². The molecule has 3 nitrogen and oxygen atoms in total. The molecule has 0 aliphatic carbocycles. The smallest absolute Gasteiger partial charge is 0.216 e. The molecule has 1 unspecified atom stereocenters. The fourth-order valence-corrected chi connectivity index (χ4v) is 1.10. The Kier molecular flexibility index (Phi) is 6.59. The average molecular weight is 186 g/mol. The Bertz CT molecular complexity index is 146. The summed E-state index contributed by atoms with van der Waals surface area (Å²) in [6, 6.07) is 0.303.